The number of nitrogens with zero attached hydrogens (tertiary/aromatic N) is 2. The summed E-state index contributed by atoms with van der Waals surface area (Å²) in [6, 6.07) is 4.07. The highest BCUT2D eigenvalue weighted by Crippen LogP contribution is 2.26. The number of rotatable bonds is 5. The van der Waals surface area contributed by atoms with Crippen LogP contribution in [0.25, 0.3) is 0 Å². The SMILES string of the molecule is CNCc1cnc(N(C)Cc2csc(Br)c2)c(Cl)c1. The van der Waals surface area contributed by atoms with Gasteiger partial charge in [-0.3, -0.25) is 0 Å². The Morgan fingerprint density at radius 2 is 2.21 bits per heavy atom. The summed E-state index contributed by atoms with van der Waals surface area (Å²) in [5.41, 5.74) is 2.33. The van der Waals surface area contributed by atoms with Crippen molar-refractivity contribution in [2.75, 3.05) is 19.0 Å². The van der Waals surface area contributed by atoms with Crippen LogP contribution in [0.4, 0.5) is 5.82 Å². The van der Waals surface area contributed by atoms with E-state index >= 15 is 0 Å². The Morgan fingerprint density at radius 3 is 2.79 bits per heavy atom. The summed E-state index contributed by atoms with van der Waals surface area (Å²) < 4.78 is 1.14. The van der Waals surface area contributed by atoms with Crippen molar-refractivity contribution in [1.29, 1.82) is 0 Å². The van der Waals surface area contributed by atoms with E-state index in [9.17, 15) is 0 Å². The van der Waals surface area contributed by atoms with E-state index in [1.165, 1.54) is 5.56 Å². The molecule has 2 rings (SSSR count). The maximum Gasteiger partial charge on any atom is 0.147 e. The molecule has 0 radical (unpaired) electrons. The molecule has 1 N–H and O–H groups in total. The largest absolute Gasteiger partial charge is 0.354 e. The zero-order valence-electron chi connectivity index (χ0n) is 10.8. The number of halogens is 2. The summed E-state index contributed by atoms with van der Waals surface area (Å²) in [6.07, 6.45) is 1.86. The Balaban J connectivity index is 2.12. The van der Waals surface area contributed by atoms with E-state index in [0.717, 1.165) is 28.3 Å². The van der Waals surface area contributed by atoms with Gasteiger partial charge in [0.15, 0.2) is 0 Å². The van der Waals surface area contributed by atoms with E-state index in [1.54, 1.807) is 11.3 Å². The van der Waals surface area contributed by atoms with Gasteiger partial charge in [0.25, 0.3) is 0 Å². The Hall–Kier alpha value is -0.620. The standard InChI is InChI=1S/C13H15BrClN3S/c1-16-5-9-3-11(15)13(17-6-9)18(2)7-10-4-12(14)19-8-10/h3-4,6,8,16H,5,7H2,1-2H3. The molecule has 0 atom stereocenters. The van der Waals surface area contributed by atoms with Crippen LogP contribution in [-0.4, -0.2) is 19.1 Å². The maximum atomic E-state index is 6.29. The molecule has 2 aromatic rings. The minimum absolute atomic E-state index is 0.685. The van der Waals surface area contributed by atoms with Gasteiger partial charge in [-0.25, -0.2) is 4.98 Å². The zero-order chi connectivity index (χ0) is 13.8. The number of hydrogen-bond acceptors (Lipinski definition) is 4. The van der Waals surface area contributed by atoms with Gasteiger partial charge in [0.2, 0.25) is 0 Å². The molecule has 102 valence electrons. The summed E-state index contributed by atoms with van der Waals surface area (Å²) in [5.74, 6) is 0.809. The smallest absolute Gasteiger partial charge is 0.147 e. The predicted octanol–water partition coefficient (Wildman–Crippen LogP) is 3.91. The molecule has 0 aliphatic rings. The molecule has 0 aromatic carbocycles. The summed E-state index contributed by atoms with van der Waals surface area (Å²) in [6.45, 7) is 1.56. The van der Waals surface area contributed by atoms with Gasteiger partial charge in [0.1, 0.15) is 5.82 Å². The van der Waals surface area contributed by atoms with E-state index in [-0.39, 0.29) is 0 Å². The van der Waals surface area contributed by atoms with E-state index in [0.29, 0.717) is 5.02 Å². The highest BCUT2D eigenvalue weighted by molar-refractivity contribution is 9.11. The van der Waals surface area contributed by atoms with E-state index in [1.807, 2.05) is 26.4 Å². The Labute approximate surface area is 130 Å². The fourth-order valence-corrected chi connectivity index (χ4v) is 3.36. The molecular weight excluding hydrogens is 346 g/mol. The zero-order valence-corrected chi connectivity index (χ0v) is 13.9. The van der Waals surface area contributed by atoms with Crippen LogP contribution in [-0.2, 0) is 13.1 Å². The van der Waals surface area contributed by atoms with Gasteiger partial charge in [0.05, 0.1) is 8.81 Å². The van der Waals surface area contributed by atoms with Gasteiger partial charge >= 0.3 is 0 Å². The van der Waals surface area contributed by atoms with Crippen LogP contribution < -0.4 is 10.2 Å². The molecule has 0 spiro atoms. The number of nitrogens with one attached hydrogen (secondary N) is 1. The molecule has 0 unspecified atom stereocenters. The minimum atomic E-state index is 0.685. The summed E-state index contributed by atoms with van der Waals surface area (Å²) in [4.78, 5) is 6.50. The van der Waals surface area contributed by atoms with Crippen molar-refractivity contribution >= 4 is 44.7 Å². The van der Waals surface area contributed by atoms with Crippen molar-refractivity contribution in [1.82, 2.24) is 10.3 Å². The highest BCUT2D eigenvalue weighted by atomic mass is 79.9. The lowest BCUT2D eigenvalue weighted by atomic mass is 10.2. The van der Waals surface area contributed by atoms with Crippen molar-refractivity contribution in [3.63, 3.8) is 0 Å². The Bertz CT molecular complexity index is 559. The molecule has 0 saturated carbocycles. The van der Waals surface area contributed by atoms with Crippen LogP contribution in [0.2, 0.25) is 5.02 Å². The molecule has 0 aliphatic carbocycles. The van der Waals surface area contributed by atoms with Crippen molar-refractivity contribution in [2.45, 2.75) is 13.1 Å². The average molecular weight is 361 g/mol. The van der Waals surface area contributed by atoms with Crippen molar-refractivity contribution in [3.8, 4) is 0 Å². The summed E-state index contributed by atoms with van der Waals surface area (Å²) in [5, 5.41) is 5.90. The minimum Gasteiger partial charge on any atom is -0.354 e. The topological polar surface area (TPSA) is 28.2 Å². The van der Waals surface area contributed by atoms with Crippen LogP contribution in [0.15, 0.2) is 27.5 Å². The van der Waals surface area contributed by atoms with Gasteiger partial charge < -0.3 is 10.2 Å². The fraction of sp³-hybridized carbons (Fsp3) is 0.308. The number of aromatic nitrogens is 1. The van der Waals surface area contributed by atoms with Crippen molar-refractivity contribution < 1.29 is 0 Å². The molecule has 0 aliphatic heterocycles. The van der Waals surface area contributed by atoms with Crippen molar-refractivity contribution in [2.24, 2.45) is 0 Å². The molecule has 2 aromatic heterocycles. The first-order valence-corrected chi connectivity index (χ1v) is 7.88. The number of anilines is 1. The molecule has 19 heavy (non-hydrogen) atoms. The third-order valence-corrected chi connectivity index (χ3v) is 4.49. The first-order chi connectivity index (χ1) is 9.10. The fourth-order valence-electron chi connectivity index (χ4n) is 1.83. The van der Waals surface area contributed by atoms with Crippen LogP contribution in [0, 0.1) is 0 Å². The van der Waals surface area contributed by atoms with Crippen LogP contribution in [0.1, 0.15) is 11.1 Å². The Morgan fingerprint density at radius 1 is 1.42 bits per heavy atom. The lowest BCUT2D eigenvalue weighted by Crippen LogP contribution is -2.18. The molecule has 0 saturated heterocycles. The molecule has 0 bridgehead atoms. The normalized spacial score (nSPS) is 10.7. The second-order valence-electron chi connectivity index (χ2n) is 4.29. The number of pyridine rings is 1. The van der Waals surface area contributed by atoms with Gasteiger partial charge in [-0.1, -0.05) is 11.6 Å². The van der Waals surface area contributed by atoms with Crippen LogP contribution >= 0.6 is 38.9 Å². The highest BCUT2D eigenvalue weighted by Gasteiger charge is 2.10. The van der Waals surface area contributed by atoms with Gasteiger partial charge in [-0.15, -0.1) is 11.3 Å². The van der Waals surface area contributed by atoms with Crippen LogP contribution in [0.3, 0.4) is 0 Å². The Kier molecular flexibility index (Phi) is 5.21. The number of hydrogen-bond donors (Lipinski definition) is 1. The van der Waals surface area contributed by atoms with E-state index in [4.69, 9.17) is 11.6 Å². The lowest BCUT2D eigenvalue weighted by Gasteiger charge is -2.19. The number of thiophene rings is 1. The average Bonchev–Trinajstić information content (AvgIpc) is 2.75. The first kappa shape index (κ1) is 14.8. The predicted molar refractivity (Wildman–Crippen MR) is 86.1 cm³/mol. The second kappa shape index (κ2) is 6.70. The molecule has 0 fully saturated rings. The molecule has 6 heteroatoms. The monoisotopic (exact) mass is 359 g/mol. The van der Waals surface area contributed by atoms with Gasteiger partial charge in [-0.05, 0) is 51.6 Å². The third kappa shape index (κ3) is 3.92. The van der Waals surface area contributed by atoms with Crippen LogP contribution in [0.5, 0.6) is 0 Å². The molecule has 0 amide bonds. The summed E-state index contributed by atoms with van der Waals surface area (Å²) >= 11 is 11.4. The molecule has 3 nitrogen and oxygen atoms in total. The molecule has 2 heterocycles. The third-order valence-electron chi connectivity index (χ3n) is 2.66. The molecular formula is C13H15BrClN3S. The van der Waals surface area contributed by atoms with Gasteiger partial charge in [-0.2, -0.15) is 0 Å². The lowest BCUT2D eigenvalue weighted by molar-refractivity contribution is 0.810. The summed E-state index contributed by atoms with van der Waals surface area (Å²) in [7, 11) is 3.90. The van der Waals surface area contributed by atoms with E-state index < -0.39 is 0 Å². The second-order valence-corrected chi connectivity index (χ2v) is 6.99. The quantitative estimate of drug-likeness (QED) is 0.876. The van der Waals surface area contributed by atoms with E-state index in [2.05, 4.69) is 42.6 Å². The van der Waals surface area contributed by atoms with Crippen molar-refractivity contribution in [3.05, 3.63) is 43.6 Å². The van der Waals surface area contributed by atoms with Gasteiger partial charge in [0, 0.05) is 26.3 Å². The first-order valence-electron chi connectivity index (χ1n) is 5.83. The maximum absolute atomic E-state index is 6.29.